The van der Waals surface area contributed by atoms with Gasteiger partial charge < -0.3 is 10.0 Å². The molecule has 116 valence electrons. The molecule has 1 amide bonds. The lowest BCUT2D eigenvalue weighted by Crippen LogP contribution is -2.40. The van der Waals surface area contributed by atoms with Crippen LogP contribution in [0.1, 0.15) is 44.2 Å². The summed E-state index contributed by atoms with van der Waals surface area (Å²) in [5, 5.41) is 9.57. The van der Waals surface area contributed by atoms with Crippen molar-refractivity contribution in [2.75, 3.05) is 26.7 Å². The molecule has 1 aromatic rings. The summed E-state index contributed by atoms with van der Waals surface area (Å²) in [6.45, 7) is 4.28. The van der Waals surface area contributed by atoms with E-state index in [0.29, 0.717) is 6.54 Å². The maximum atomic E-state index is 12.4. The van der Waals surface area contributed by atoms with Crippen molar-refractivity contribution in [3.8, 4) is 5.75 Å². The molecule has 1 N–H and O–H groups in total. The molecule has 21 heavy (non-hydrogen) atoms. The van der Waals surface area contributed by atoms with Crippen molar-refractivity contribution in [2.24, 2.45) is 0 Å². The van der Waals surface area contributed by atoms with Gasteiger partial charge in [0.2, 0.25) is 5.91 Å². The molecule has 1 aliphatic rings. The topological polar surface area (TPSA) is 43.8 Å². The number of nitrogens with zero attached hydrogens (tertiary/aromatic N) is 2. The zero-order chi connectivity index (χ0) is 15.2. The molecule has 4 nitrogen and oxygen atoms in total. The largest absolute Gasteiger partial charge is 0.508 e. The van der Waals surface area contributed by atoms with Crippen molar-refractivity contribution >= 4 is 5.91 Å². The summed E-state index contributed by atoms with van der Waals surface area (Å²) in [6.07, 6.45) is 4.72. The van der Waals surface area contributed by atoms with Gasteiger partial charge in [-0.05, 0) is 44.5 Å². The fourth-order valence-electron chi connectivity index (χ4n) is 2.81. The maximum Gasteiger partial charge on any atom is 0.236 e. The lowest BCUT2D eigenvalue weighted by Gasteiger charge is -2.28. The van der Waals surface area contributed by atoms with Gasteiger partial charge >= 0.3 is 0 Å². The molecule has 2 rings (SSSR count). The van der Waals surface area contributed by atoms with Gasteiger partial charge in [0.15, 0.2) is 0 Å². The molecule has 4 heteroatoms. The Labute approximate surface area is 127 Å². The number of carbonyl (C=O) groups is 1. The van der Waals surface area contributed by atoms with Gasteiger partial charge in [0.1, 0.15) is 5.75 Å². The molecule has 1 unspecified atom stereocenters. The fourth-order valence-corrected chi connectivity index (χ4v) is 2.81. The molecule has 1 fully saturated rings. The van der Waals surface area contributed by atoms with Crippen molar-refractivity contribution in [1.29, 1.82) is 0 Å². The number of benzene rings is 1. The lowest BCUT2D eigenvalue weighted by molar-refractivity contribution is -0.132. The van der Waals surface area contributed by atoms with Crippen LogP contribution in [0.15, 0.2) is 24.3 Å². The first kappa shape index (κ1) is 15.8. The Morgan fingerprint density at radius 3 is 2.57 bits per heavy atom. The van der Waals surface area contributed by atoms with Crippen LogP contribution in [0.4, 0.5) is 0 Å². The van der Waals surface area contributed by atoms with Gasteiger partial charge in [0.05, 0.1) is 6.54 Å². The van der Waals surface area contributed by atoms with E-state index in [9.17, 15) is 9.90 Å². The minimum atomic E-state index is 0.105. The molecule has 1 atom stereocenters. The van der Waals surface area contributed by atoms with Crippen LogP contribution in [0.5, 0.6) is 5.75 Å². The van der Waals surface area contributed by atoms with Crippen LogP contribution in [0.25, 0.3) is 0 Å². The zero-order valence-corrected chi connectivity index (χ0v) is 13.1. The second kappa shape index (κ2) is 7.46. The number of aromatic hydroxyl groups is 1. The van der Waals surface area contributed by atoms with E-state index in [1.54, 1.807) is 12.1 Å². The van der Waals surface area contributed by atoms with E-state index in [2.05, 4.69) is 6.92 Å². The average Bonchev–Trinajstić information content (AvgIpc) is 2.75. The number of likely N-dealkylation sites (tertiary alicyclic amines) is 1. The minimum absolute atomic E-state index is 0.105. The highest BCUT2D eigenvalue weighted by Gasteiger charge is 2.20. The number of phenolic OH excluding ortho intramolecular Hbond substituents is 1. The molecule has 1 saturated heterocycles. The molecule has 0 saturated carbocycles. The minimum Gasteiger partial charge on any atom is -0.508 e. The van der Waals surface area contributed by atoms with Gasteiger partial charge in [-0.3, -0.25) is 9.69 Å². The third kappa shape index (κ3) is 4.46. The quantitative estimate of drug-likeness (QED) is 0.927. The van der Waals surface area contributed by atoms with Crippen LogP contribution < -0.4 is 0 Å². The summed E-state index contributed by atoms with van der Waals surface area (Å²) in [6, 6.07) is 7.35. The van der Waals surface area contributed by atoms with E-state index in [-0.39, 0.29) is 17.7 Å². The van der Waals surface area contributed by atoms with Gasteiger partial charge in [0.25, 0.3) is 0 Å². The smallest absolute Gasteiger partial charge is 0.236 e. The number of hydrogen-bond donors (Lipinski definition) is 1. The molecule has 0 aromatic heterocycles. The molecule has 0 radical (unpaired) electrons. The van der Waals surface area contributed by atoms with E-state index >= 15 is 0 Å². The number of amides is 1. The highest BCUT2D eigenvalue weighted by atomic mass is 16.3. The number of hydrogen-bond acceptors (Lipinski definition) is 3. The second-order valence-electron chi connectivity index (χ2n) is 5.98. The Morgan fingerprint density at radius 2 is 1.95 bits per heavy atom. The van der Waals surface area contributed by atoms with E-state index in [1.165, 1.54) is 12.8 Å². The van der Waals surface area contributed by atoms with Crippen LogP contribution in [-0.2, 0) is 4.79 Å². The maximum absolute atomic E-state index is 12.4. The van der Waals surface area contributed by atoms with Crippen molar-refractivity contribution in [2.45, 2.75) is 38.6 Å². The normalized spacial score (nSPS) is 17.6. The molecule has 0 aliphatic carbocycles. The standard InChI is InChI=1S/C17H26N2O2/c1-14(15-8-7-9-16(20)12-15)18(2)13-17(21)19-10-5-3-4-6-11-19/h7-9,12,14,20H,3-6,10-11,13H2,1-2H3. The van der Waals surface area contributed by atoms with Gasteiger partial charge in [0, 0.05) is 19.1 Å². The summed E-state index contributed by atoms with van der Waals surface area (Å²) in [5.74, 6) is 0.484. The summed E-state index contributed by atoms with van der Waals surface area (Å²) < 4.78 is 0. The van der Waals surface area contributed by atoms with Crippen LogP contribution in [0, 0.1) is 0 Å². The number of carbonyl (C=O) groups excluding carboxylic acids is 1. The van der Waals surface area contributed by atoms with Crippen LogP contribution >= 0.6 is 0 Å². The van der Waals surface area contributed by atoms with E-state index in [1.807, 2.05) is 29.0 Å². The Kier molecular flexibility index (Phi) is 5.62. The number of likely N-dealkylation sites (N-methyl/N-ethyl adjacent to an activating group) is 1. The van der Waals surface area contributed by atoms with Crippen molar-refractivity contribution in [3.05, 3.63) is 29.8 Å². The number of phenols is 1. The predicted octanol–water partition coefficient (Wildman–Crippen LogP) is 2.79. The van der Waals surface area contributed by atoms with Gasteiger partial charge in [-0.25, -0.2) is 0 Å². The molecular formula is C17H26N2O2. The molecular weight excluding hydrogens is 264 g/mol. The first-order valence-electron chi connectivity index (χ1n) is 7.85. The predicted molar refractivity (Wildman–Crippen MR) is 84.2 cm³/mol. The van der Waals surface area contributed by atoms with E-state index in [4.69, 9.17) is 0 Å². The van der Waals surface area contributed by atoms with E-state index in [0.717, 1.165) is 31.5 Å². The first-order valence-corrected chi connectivity index (χ1v) is 7.85. The SMILES string of the molecule is CC(c1cccc(O)c1)N(C)CC(=O)N1CCCCCC1. The first-order chi connectivity index (χ1) is 10.1. The average molecular weight is 290 g/mol. The highest BCUT2D eigenvalue weighted by molar-refractivity contribution is 5.78. The second-order valence-corrected chi connectivity index (χ2v) is 5.98. The molecule has 1 heterocycles. The van der Waals surface area contributed by atoms with E-state index < -0.39 is 0 Å². The third-order valence-electron chi connectivity index (χ3n) is 4.36. The Bertz CT molecular complexity index is 468. The molecule has 0 spiro atoms. The third-order valence-corrected chi connectivity index (χ3v) is 4.36. The molecule has 1 aromatic carbocycles. The fraction of sp³-hybridized carbons (Fsp3) is 0.588. The monoisotopic (exact) mass is 290 g/mol. The van der Waals surface area contributed by atoms with Gasteiger partial charge in [-0.2, -0.15) is 0 Å². The summed E-state index contributed by atoms with van der Waals surface area (Å²) >= 11 is 0. The van der Waals surface area contributed by atoms with Crippen molar-refractivity contribution in [3.63, 3.8) is 0 Å². The van der Waals surface area contributed by atoms with Gasteiger partial charge in [-0.1, -0.05) is 25.0 Å². The van der Waals surface area contributed by atoms with Crippen LogP contribution in [-0.4, -0.2) is 47.5 Å². The molecule has 0 bridgehead atoms. The van der Waals surface area contributed by atoms with Crippen molar-refractivity contribution < 1.29 is 9.90 Å². The summed E-state index contributed by atoms with van der Waals surface area (Å²) in [5.41, 5.74) is 1.03. The molecule has 1 aliphatic heterocycles. The lowest BCUT2D eigenvalue weighted by atomic mass is 10.1. The van der Waals surface area contributed by atoms with Gasteiger partial charge in [-0.15, -0.1) is 0 Å². The number of rotatable bonds is 4. The Morgan fingerprint density at radius 1 is 1.29 bits per heavy atom. The summed E-state index contributed by atoms with van der Waals surface area (Å²) in [7, 11) is 1.96. The Balaban J connectivity index is 1.93. The highest BCUT2D eigenvalue weighted by Crippen LogP contribution is 2.22. The summed E-state index contributed by atoms with van der Waals surface area (Å²) in [4.78, 5) is 16.4. The zero-order valence-electron chi connectivity index (χ0n) is 13.1. The Hall–Kier alpha value is -1.55. The van der Waals surface area contributed by atoms with Crippen LogP contribution in [0.2, 0.25) is 0 Å². The van der Waals surface area contributed by atoms with Crippen molar-refractivity contribution in [1.82, 2.24) is 9.80 Å². The van der Waals surface area contributed by atoms with Crippen LogP contribution in [0.3, 0.4) is 0 Å².